The van der Waals surface area contributed by atoms with E-state index in [-0.39, 0.29) is 11.8 Å². The lowest BCUT2D eigenvalue weighted by atomic mass is 9.95. The quantitative estimate of drug-likeness (QED) is 0.645. The zero-order chi connectivity index (χ0) is 20.1. The van der Waals surface area contributed by atoms with Crippen LogP contribution in [0, 0.1) is 5.92 Å². The molecular formula is C24H29N3O2. The fourth-order valence-electron chi connectivity index (χ4n) is 4.15. The van der Waals surface area contributed by atoms with E-state index in [1.807, 2.05) is 30.5 Å². The van der Waals surface area contributed by atoms with Crippen LogP contribution in [0.3, 0.4) is 0 Å². The minimum atomic E-state index is 0.130. The number of aromatic nitrogens is 1. The molecule has 1 fully saturated rings. The van der Waals surface area contributed by atoms with E-state index < -0.39 is 0 Å². The van der Waals surface area contributed by atoms with E-state index in [1.165, 1.54) is 11.1 Å². The van der Waals surface area contributed by atoms with Gasteiger partial charge in [-0.25, -0.2) is 0 Å². The summed E-state index contributed by atoms with van der Waals surface area (Å²) in [7, 11) is 1.68. The van der Waals surface area contributed by atoms with Crippen LogP contribution in [0.2, 0.25) is 0 Å². The van der Waals surface area contributed by atoms with Crippen molar-refractivity contribution in [1.82, 2.24) is 15.2 Å². The number of H-pyrrole nitrogens is 1. The van der Waals surface area contributed by atoms with Crippen molar-refractivity contribution in [1.29, 1.82) is 0 Å². The van der Waals surface area contributed by atoms with Gasteiger partial charge < -0.3 is 15.0 Å². The molecule has 2 N–H and O–H groups in total. The number of benzene rings is 2. The number of aromatic amines is 1. The third-order valence-corrected chi connectivity index (χ3v) is 5.88. The third-order valence-electron chi connectivity index (χ3n) is 5.88. The van der Waals surface area contributed by atoms with Gasteiger partial charge in [-0.1, -0.05) is 30.3 Å². The second-order valence-corrected chi connectivity index (χ2v) is 7.80. The normalized spacial score (nSPS) is 15.5. The van der Waals surface area contributed by atoms with Crippen molar-refractivity contribution in [2.75, 3.05) is 26.7 Å². The predicted octanol–water partition coefficient (Wildman–Crippen LogP) is 3.75. The van der Waals surface area contributed by atoms with Gasteiger partial charge in [-0.05, 0) is 61.7 Å². The van der Waals surface area contributed by atoms with Crippen LogP contribution in [0.4, 0.5) is 0 Å². The maximum Gasteiger partial charge on any atom is 0.223 e. The van der Waals surface area contributed by atoms with Gasteiger partial charge in [0.05, 0.1) is 7.11 Å². The van der Waals surface area contributed by atoms with E-state index in [2.05, 4.69) is 39.5 Å². The minimum Gasteiger partial charge on any atom is -0.497 e. The van der Waals surface area contributed by atoms with Gasteiger partial charge in [0.25, 0.3) is 0 Å². The number of hydrogen-bond donors (Lipinski definition) is 2. The topological polar surface area (TPSA) is 57.4 Å². The maximum atomic E-state index is 12.6. The Balaban J connectivity index is 1.23. The molecule has 4 rings (SSSR count). The molecule has 1 amide bonds. The Bertz CT molecular complexity index is 943. The molecular weight excluding hydrogens is 362 g/mol. The molecule has 152 valence electrons. The van der Waals surface area contributed by atoms with Gasteiger partial charge in [0.2, 0.25) is 5.91 Å². The molecule has 1 saturated heterocycles. The van der Waals surface area contributed by atoms with Gasteiger partial charge in [-0.3, -0.25) is 9.69 Å². The molecule has 0 atom stereocenters. The van der Waals surface area contributed by atoms with Crippen molar-refractivity contribution in [3.63, 3.8) is 0 Å². The Hall–Kier alpha value is -2.79. The van der Waals surface area contributed by atoms with Crippen LogP contribution in [-0.4, -0.2) is 42.5 Å². The molecule has 0 saturated carbocycles. The van der Waals surface area contributed by atoms with E-state index in [0.29, 0.717) is 6.54 Å². The summed E-state index contributed by atoms with van der Waals surface area (Å²) in [6.07, 6.45) is 4.70. The molecule has 5 heteroatoms. The highest BCUT2D eigenvalue weighted by molar-refractivity contribution is 5.84. The Labute approximate surface area is 172 Å². The first kappa shape index (κ1) is 19.5. The zero-order valence-electron chi connectivity index (χ0n) is 17.0. The molecule has 3 aromatic rings. The number of nitrogens with one attached hydrogen (secondary N) is 2. The van der Waals surface area contributed by atoms with Crippen molar-refractivity contribution in [2.24, 2.45) is 5.92 Å². The van der Waals surface area contributed by atoms with Gasteiger partial charge in [0.15, 0.2) is 0 Å². The Morgan fingerprint density at radius 2 is 1.97 bits per heavy atom. The fourth-order valence-corrected chi connectivity index (χ4v) is 4.15. The summed E-state index contributed by atoms with van der Waals surface area (Å²) in [5.41, 5.74) is 3.64. The van der Waals surface area contributed by atoms with Crippen LogP contribution in [0.25, 0.3) is 10.9 Å². The van der Waals surface area contributed by atoms with Crippen molar-refractivity contribution < 1.29 is 9.53 Å². The Morgan fingerprint density at radius 3 is 2.72 bits per heavy atom. The predicted molar refractivity (Wildman–Crippen MR) is 116 cm³/mol. The lowest BCUT2D eigenvalue weighted by molar-refractivity contribution is -0.126. The first-order chi connectivity index (χ1) is 14.2. The number of likely N-dealkylation sites (tertiary alicyclic amines) is 1. The number of methoxy groups -OCH3 is 1. The molecule has 0 radical (unpaired) electrons. The standard InChI is InChI=1S/C24H29N3O2/c1-29-21-7-8-23-22(15-21)20(16-26-23)9-12-25-24(28)19-10-13-27(14-11-19)17-18-5-3-2-4-6-18/h2-8,15-16,19,26H,9-14,17H2,1H3,(H,25,28). The number of amides is 1. The highest BCUT2D eigenvalue weighted by Gasteiger charge is 2.24. The Morgan fingerprint density at radius 1 is 1.17 bits per heavy atom. The van der Waals surface area contributed by atoms with Crippen LogP contribution >= 0.6 is 0 Å². The number of rotatable bonds is 7. The van der Waals surface area contributed by atoms with Crippen LogP contribution in [0.1, 0.15) is 24.0 Å². The Kier molecular flexibility index (Phi) is 6.15. The number of piperidine rings is 1. The van der Waals surface area contributed by atoms with Crippen LogP contribution in [0.5, 0.6) is 5.75 Å². The highest BCUT2D eigenvalue weighted by Crippen LogP contribution is 2.24. The summed E-state index contributed by atoms with van der Waals surface area (Å²) in [5.74, 6) is 1.18. The molecule has 1 aliphatic rings. The van der Waals surface area contributed by atoms with Crippen molar-refractivity contribution in [2.45, 2.75) is 25.8 Å². The zero-order valence-corrected chi connectivity index (χ0v) is 17.0. The minimum absolute atomic E-state index is 0.130. The van der Waals surface area contributed by atoms with Crippen LogP contribution in [0.15, 0.2) is 54.7 Å². The number of nitrogens with zero attached hydrogens (tertiary/aromatic N) is 1. The van der Waals surface area contributed by atoms with Gasteiger partial charge in [0, 0.05) is 36.1 Å². The van der Waals surface area contributed by atoms with Gasteiger partial charge in [-0.15, -0.1) is 0 Å². The van der Waals surface area contributed by atoms with Crippen LogP contribution in [-0.2, 0) is 17.8 Å². The lowest BCUT2D eigenvalue weighted by Crippen LogP contribution is -2.40. The molecule has 1 aromatic heterocycles. The number of ether oxygens (including phenoxy) is 1. The molecule has 0 unspecified atom stereocenters. The summed E-state index contributed by atoms with van der Waals surface area (Å²) in [5, 5.41) is 4.31. The first-order valence-corrected chi connectivity index (χ1v) is 10.4. The van der Waals surface area contributed by atoms with E-state index in [4.69, 9.17) is 4.74 Å². The van der Waals surface area contributed by atoms with Crippen LogP contribution < -0.4 is 10.1 Å². The molecule has 5 nitrogen and oxygen atoms in total. The highest BCUT2D eigenvalue weighted by atomic mass is 16.5. The van der Waals surface area contributed by atoms with Gasteiger partial charge in [0.1, 0.15) is 5.75 Å². The smallest absolute Gasteiger partial charge is 0.223 e. The fraction of sp³-hybridized carbons (Fsp3) is 0.375. The number of carbonyl (C=O) groups is 1. The average molecular weight is 392 g/mol. The average Bonchev–Trinajstić information content (AvgIpc) is 3.17. The molecule has 2 heterocycles. The summed E-state index contributed by atoms with van der Waals surface area (Å²) in [4.78, 5) is 18.3. The van der Waals surface area contributed by atoms with Crippen molar-refractivity contribution in [3.8, 4) is 5.75 Å². The summed E-state index contributed by atoms with van der Waals surface area (Å²) in [6.45, 7) is 3.59. The van der Waals surface area contributed by atoms with Crippen molar-refractivity contribution in [3.05, 3.63) is 65.9 Å². The molecule has 0 bridgehead atoms. The van der Waals surface area contributed by atoms with E-state index in [1.54, 1.807) is 7.11 Å². The number of fused-ring (bicyclic) bond motifs is 1. The lowest BCUT2D eigenvalue weighted by Gasteiger charge is -2.31. The number of hydrogen-bond acceptors (Lipinski definition) is 3. The second kappa shape index (κ2) is 9.14. The monoisotopic (exact) mass is 391 g/mol. The van der Waals surface area contributed by atoms with Gasteiger partial charge >= 0.3 is 0 Å². The first-order valence-electron chi connectivity index (χ1n) is 10.4. The van der Waals surface area contributed by atoms with E-state index in [0.717, 1.165) is 55.5 Å². The summed E-state index contributed by atoms with van der Waals surface area (Å²) < 4.78 is 5.33. The van der Waals surface area contributed by atoms with Crippen molar-refractivity contribution >= 4 is 16.8 Å². The maximum absolute atomic E-state index is 12.6. The molecule has 0 aliphatic carbocycles. The molecule has 1 aliphatic heterocycles. The van der Waals surface area contributed by atoms with E-state index >= 15 is 0 Å². The summed E-state index contributed by atoms with van der Waals surface area (Å²) >= 11 is 0. The molecule has 0 spiro atoms. The summed E-state index contributed by atoms with van der Waals surface area (Å²) in [6, 6.07) is 16.6. The number of carbonyl (C=O) groups excluding carboxylic acids is 1. The largest absolute Gasteiger partial charge is 0.497 e. The second-order valence-electron chi connectivity index (χ2n) is 7.80. The SMILES string of the molecule is COc1ccc2[nH]cc(CCNC(=O)C3CCN(Cc4ccccc4)CC3)c2c1. The van der Waals surface area contributed by atoms with Gasteiger partial charge in [-0.2, -0.15) is 0 Å². The molecule has 2 aromatic carbocycles. The molecule has 29 heavy (non-hydrogen) atoms. The third kappa shape index (κ3) is 4.80. The van der Waals surface area contributed by atoms with E-state index in [9.17, 15) is 4.79 Å².